The Morgan fingerprint density at radius 3 is 2.34 bits per heavy atom. The lowest BCUT2D eigenvalue weighted by Gasteiger charge is -2.21. The first-order chi connectivity index (χ1) is 13.9. The number of aryl methyl sites for hydroxylation is 2. The molecule has 4 nitrogen and oxygen atoms in total. The van der Waals surface area contributed by atoms with Gasteiger partial charge in [0.2, 0.25) is 0 Å². The van der Waals surface area contributed by atoms with Crippen LogP contribution in [0, 0.1) is 31.5 Å². The number of hydrogen-bond acceptors (Lipinski definition) is 4. The number of Topliss-reactive ketones (excluding diaryl/α,β-unsaturated/α-hetero) is 1. The van der Waals surface area contributed by atoms with Crippen molar-refractivity contribution in [3.8, 4) is 11.5 Å². The monoisotopic (exact) mass is 396 g/mol. The molecule has 2 aliphatic rings. The molecule has 0 bridgehead atoms. The number of aliphatic hydroxyl groups excluding tert-OH is 1. The zero-order valence-electron chi connectivity index (χ0n) is 16.9. The van der Waals surface area contributed by atoms with E-state index in [1.165, 1.54) is 12.1 Å². The predicted octanol–water partition coefficient (Wildman–Crippen LogP) is 5.52. The maximum atomic E-state index is 13.1. The Labute approximate surface area is 170 Å². The van der Waals surface area contributed by atoms with E-state index < -0.39 is 0 Å². The van der Waals surface area contributed by atoms with Gasteiger partial charge in [-0.3, -0.25) is 4.79 Å². The highest BCUT2D eigenvalue weighted by Gasteiger charge is 2.45. The summed E-state index contributed by atoms with van der Waals surface area (Å²) in [4.78, 5) is 13.1. The highest BCUT2D eigenvalue weighted by atomic mass is 19.1. The molecule has 4 rings (SSSR count). The average Bonchev–Trinajstić information content (AvgIpc) is 3.26. The van der Waals surface area contributed by atoms with Gasteiger partial charge in [0.05, 0.1) is 17.6 Å². The molecule has 152 valence electrons. The molecule has 5 heteroatoms. The summed E-state index contributed by atoms with van der Waals surface area (Å²) in [5.74, 6) is 0.330. The third kappa shape index (κ3) is 3.55. The third-order valence-electron chi connectivity index (χ3n) is 5.94. The van der Waals surface area contributed by atoms with Crippen LogP contribution in [-0.4, -0.2) is 23.6 Å². The molecule has 0 aromatic heterocycles. The van der Waals surface area contributed by atoms with E-state index in [9.17, 15) is 14.3 Å². The average molecular weight is 396 g/mol. The van der Waals surface area contributed by atoms with E-state index in [4.69, 9.17) is 9.47 Å². The van der Waals surface area contributed by atoms with Gasteiger partial charge in [-0.1, -0.05) is 6.92 Å². The molecular weight excluding hydrogens is 371 g/mol. The largest absolute Gasteiger partial charge is 0.511 e. The summed E-state index contributed by atoms with van der Waals surface area (Å²) in [5, 5.41) is 11.0. The number of carbonyl (C=O) groups excluding carboxylic acids is 1. The molecule has 1 saturated heterocycles. The number of benzene rings is 2. The number of halogens is 1. The van der Waals surface area contributed by atoms with Crippen molar-refractivity contribution in [2.45, 2.75) is 39.7 Å². The van der Waals surface area contributed by atoms with Gasteiger partial charge in [0.15, 0.2) is 5.78 Å². The van der Waals surface area contributed by atoms with Gasteiger partial charge in [0.1, 0.15) is 23.1 Å². The van der Waals surface area contributed by atoms with E-state index in [1.807, 2.05) is 32.9 Å². The molecule has 2 aromatic rings. The van der Waals surface area contributed by atoms with E-state index in [2.05, 4.69) is 0 Å². The fourth-order valence-electron chi connectivity index (χ4n) is 4.57. The zero-order valence-corrected chi connectivity index (χ0v) is 16.9. The van der Waals surface area contributed by atoms with E-state index in [0.717, 1.165) is 29.5 Å². The van der Waals surface area contributed by atoms with Gasteiger partial charge in [-0.2, -0.15) is 0 Å². The van der Waals surface area contributed by atoms with Crippen LogP contribution in [0.15, 0.2) is 42.2 Å². The first-order valence-electron chi connectivity index (χ1n) is 10.0. The van der Waals surface area contributed by atoms with Crippen molar-refractivity contribution < 1.29 is 23.8 Å². The van der Waals surface area contributed by atoms with Crippen molar-refractivity contribution in [3.63, 3.8) is 0 Å². The van der Waals surface area contributed by atoms with Crippen LogP contribution in [0.5, 0.6) is 11.5 Å². The minimum Gasteiger partial charge on any atom is -0.511 e. The van der Waals surface area contributed by atoms with Gasteiger partial charge in [-0.25, -0.2) is 4.39 Å². The molecule has 0 unspecified atom stereocenters. The Kier molecular flexibility index (Phi) is 5.17. The first-order valence-corrected chi connectivity index (χ1v) is 10.0. The van der Waals surface area contributed by atoms with Gasteiger partial charge in [0, 0.05) is 12.5 Å². The smallest absolute Gasteiger partial charge is 0.170 e. The number of ketones is 1. The highest BCUT2D eigenvalue weighted by molar-refractivity contribution is 6.25. The number of allylic oxidation sites excluding steroid dienone is 1. The summed E-state index contributed by atoms with van der Waals surface area (Å²) < 4.78 is 24.7. The van der Waals surface area contributed by atoms with Crippen LogP contribution in [0.4, 0.5) is 4.39 Å². The normalized spacial score (nSPS) is 24.4. The Balaban J connectivity index is 1.69. The highest BCUT2D eigenvalue weighted by Crippen LogP contribution is 2.45. The fourth-order valence-corrected chi connectivity index (χ4v) is 4.57. The Morgan fingerprint density at radius 1 is 1.10 bits per heavy atom. The quantitative estimate of drug-likeness (QED) is 0.740. The second-order valence-corrected chi connectivity index (χ2v) is 7.98. The molecule has 1 N–H and O–H groups in total. The lowest BCUT2D eigenvalue weighted by molar-refractivity contribution is -0.118. The molecule has 29 heavy (non-hydrogen) atoms. The van der Waals surface area contributed by atoms with Crippen molar-refractivity contribution in [2.75, 3.05) is 6.61 Å². The van der Waals surface area contributed by atoms with Gasteiger partial charge in [-0.15, -0.1) is 0 Å². The number of hydrogen-bond donors (Lipinski definition) is 1. The molecule has 1 aliphatic carbocycles. The van der Waals surface area contributed by atoms with E-state index in [1.54, 1.807) is 12.1 Å². The lowest BCUT2D eigenvalue weighted by Crippen LogP contribution is -2.26. The number of aliphatic hydroxyl groups is 1. The Bertz CT molecular complexity index is 948. The number of rotatable bonds is 4. The maximum Gasteiger partial charge on any atom is 0.170 e. The van der Waals surface area contributed by atoms with E-state index in [0.29, 0.717) is 23.7 Å². The van der Waals surface area contributed by atoms with E-state index >= 15 is 0 Å². The standard InChI is InChI=1S/C24H25FO4/c1-13-11-18(29-17-8-6-16(25)7-9-17)12-14(2)20(13)22-23(26)15(3)21(24(22)27)19-5-4-10-28-19/h6-9,11-12,15,19,21,27H,4-5,10H2,1-3H3/t15-,19+,21-/m0/s1. The van der Waals surface area contributed by atoms with Crippen molar-refractivity contribution in [1.29, 1.82) is 0 Å². The first kappa shape index (κ1) is 19.6. The molecular formula is C24H25FO4. The van der Waals surface area contributed by atoms with E-state index in [-0.39, 0.29) is 35.3 Å². The lowest BCUT2D eigenvalue weighted by atomic mass is 9.89. The molecule has 1 fully saturated rings. The minimum absolute atomic E-state index is 0.0404. The van der Waals surface area contributed by atoms with Gasteiger partial charge in [0.25, 0.3) is 0 Å². The van der Waals surface area contributed by atoms with Gasteiger partial charge in [-0.05, 0) is 79.8 Å². The molecule has 0 spiro atoms. The summed E-state index contributed by atoms with van der Waals surface area (Å²) >= 11 is 0. The van der Waals surface area contributed by atoms with Crippen LogP contribution in [0.1, 0.15) is 36.5 Å². The van der Waals surface area contributed by atoms with Crippen molar-refractivity contribution in [3.05, 3.63) is 64.7 Å². The molecule has 0 saturated carbocycles. The summed E-state index contributed by atoms with van der Waals surface area (Å²) in [6.45, 7) is 6.35. The molecule has 1 aliphatic heterocycles. The predicted molar refractivity (Wildman–Crippen MR) is 109 cm³/mol. The van der Waals surface area contributed by atoms with Crippen molar-refractivity contribution >= 4 is 11.4 Å². The maximum absolute atomic E-state index is 13.1. The van der Waals surface area contributed by atoms with Gasteiger partial charge < -0.3 is 14.6 Å². The van der Waals surface area contributed by atoms with Crippen LogP contribution in [-0.2, 0) is 9.53 Å². The second kappa shape index (κ2) is 7.64. The van der Waals surface area contributed by atoms with Crippen LogP contribution in [0.25, 0.3) is 5.57 Å². The van der Waals surface area contributed by atoms with Crippen LogP contribution < -0.4 is 4.74 Å². The summed E-state index contributed by atoms with van der Waals surface area (Å²) in [7, 11) is 0. The third-order valence-corrected chi connectivity index (χ3v) is 5.94. The summed E-state index contributed by atoms with van der Waals surface area (Å²) in [6.07, 6.45) is 1.72. The summed E-state index contributed by atoms with van der Waals surface area (Å²) in [5.41, 5.74) is 2.85. The molecule has 3 atom stereocenters. The fraction of sp³-hybridized carbons (Fsp3) is 0.375. The molecule has 2 aromatic carbocycles. The SMILES string of the molecule is Cc1cc(Oc2ccc(F)cc2)cc(C)c1C1=C(O)[C@H]([C@H]2CCCO2)[C@H](C)C1=O. The van der Waals surface area contributed by atoms with Gasteiger partial charge >= 0.3 is 0 Å². The number of carbonyl (C=O) groups is 1. The zero-order chi connectivity index (χ0) is 20.7. The Hall–Kier alpha value is -2.66. The Morgan fingerprint density at radius 2 is 1.76 bits per heavy atom. The number of ether oxygens (including phenoxy) is 2. The van der Waals surface area contributed by atoms with Crippen LogP contribution in [0.3, 0.4) is 0 Å². The minimum atomic E-state index is -0.322. The van der Waals surface area contributed by atoms with Crippen LogP contribution >= 0.6 is 0 Å². The van der Waals surface area contributed by atoms with Crippen molar-refractivity contribution in [2.24, 2.45) is 11.8 Å². The van der Waals surface area contributed by atoms with Crippen LogP contribution in [0.2, 0.25) is 0 Å². The summed E-state index contributed by atoms with van der Waals surface area (Å²) in [6, 6.07) is 9.49. The molecule has 1 heterocycles. The molecule has 0 radical (unpaired) electrons. The topological polar surface area (TPSA) is 55.8 Å². The van der Waals surface area contributed by atoms with Crippen molar-refractivity contribution in [1.82, 2.24) is 0 Å². The molecule has 0 amide bonds. The second-order valence-electron chi connectivity index (χ2n) is 7.98.